The van der Waals surface area contributed by atoms with Gasteiger partial charge < -0.3 is 10.1 Å². The van der Waals surface area contributed by atoms with E-state index in [1.165, 1.54) is 12.1 Å². The minimum atomic E-state index is -2.77. The van der Waals surface area contributed by atoms with Gasteiger partial charge in [-0.2, -0.15) is 0 Å². The maximum Gasteiger partial charge on any atom is 0.146 e. The number of nitrogens with one attached hydrogen (secondary N) is 1. The third-order valence-corrected chi connectivity index (χ3v) is 3.04. The minimum Gasteiger partial charge on any atom is -0.489 e. The van der Waals surface area contributed by atoms with E-state index in [-0.39, 0.29) is 19.0 Å². The van der Waals surface area contributed by atoms with E-state index in [0.717, 1.165) is 6.92 Å². The lowest BCUT2D eigenvalue weighted by molar-refractivity contribution is -0.118. The topological polar surface area (TPSA) is 38.3 Å². The summed E-state index contributed by atoms with van der Waals surface area (Å²) in [4.78, 5) is 11.6. The molecule has 0 unspecified atom stereocenters. The highest BCUT2D eigenvalue weighted by Gasteiger charge is 2.06. The molecule has 0 fully saturated rings. The van der Waals surface area contributed by atoms with Gasteiger partial charge in [0, 0.05) is 10.7 Å². The van der Waals surface area contributed by atoms with Crippen LogP contribution in [0.3, 0.4) is 0 Å². The molecule has 22 heavy (non-hydrogen) atoms. The van der Waals surface area contributed by atoms with Gasteiger partial charge in [0.1, 0.15) is 24.0 Å². The predicted molar refractivity (Wildman–Crippen MR) is 84.2 cm³/mol. The first-order valence-corrected chi connectivity index (χ1v) is 6.84. The fourth-order valence-corrected chi connectivity index (χ4v) is 1.81. The molecule has 2 aromatic rings. The summed E-state index contributed by atoms with van der Waals surface area (Å²) in [5, 5.41) is 2.51. The molecule has 0 heterocycles. The summed E-state index contributed by atoms with van der Waals surface area (Å²) in [5.41, 5.74) is 1.40. The molecule has 0 saturated heterocycles. The van der Waals surface area contributed by atoms with Crippen molar-refractivity contribution in [1.82, 2.24) is 5.32 Å². The summed E-state index contributed by atoms with van der Waals surface area (Å²) >= 11 is 0. The van der Waals surface area contributed by atoms with Crippen LogP contribution >= 0.6 is 0 Å². The zero-order valence-electron chi connectivity index (χ0n) is 16.2. The third kappa shape index (κ3) is 4.97. The average molecular weight is 305 g/mol. The second kappa shape index (κ2) is 7.71. The normalized spacial score (nSPS) is 16.6. The molecule has 0 aliphatic heterocycles. The first-order chi connectivity index (χ1) is 12.1. The Morgan fingerprint density at radius 2 is 2.09 bits per heavy atom. The van der Waals surface area contributed by atoms with E-state index in [0.29, 0.717) is 16.9 Å². The van der Waals surface area contributed by atoms with E-state index >= 15 is 0 Å². The van der Waals surface area contributed by atoms with Crippen LogP contribution < -0.4 is 10.1 Å². The van der Waals surface area contributed by atoms with Crippen molar-refractivity contribution in [3.8, 4) is 5.75 Å². The van der Waals surface area contributed by atoms with Gasteiger partial charge in [0.05, 0.1) is 7.39 Å². The molecular formula is C18H20FNO2. The van der Waals surface area contributed by atoms with Gasteiger partial charge in [0.15, 0.2) is 0 Å². The van der Waals surface area contributed by atoms with Crippen molar-refractivity contribution in [2.24, 2.45) is 0 Å². The van der Waals surface area contributed by atoms with Crippen LogP contribution in [0.15, 0.2) is 48.5 Å². The monoisotopic (exact) mass is 305 g/mol. The molecule has 2 aromatic carbocycles. The Kier molecular flexibility index (Phi) is 3.99. The summed E-state index contributed by atoms with van der Waals surface area (Å²) in [6.45, 7) is -1.43. The molecule has 0 bridgehead atoms. The summed E-state index contributed by atoms with van der Waals surface area (Å²) in [7, 11) is 0. The second-order valence-electron chi connectivity index (χ2n) is 4.85. The Morgan fingerprint density at radius 1 is 1.32 bits per heavy atom. The number of carbonyl (C=O) groups excluding carboxylic acids is 1. The van der Waals surface area contributed by atoms with Crippen LogP contribution in [0.4, 0.5) is 4.39 Å². The van der Waals surface area contributed by atoms with Crippen molar-refractivity contribution in [1.29, 1.82) is 0 Å². The molecule has 1 N–H and O–H groups in total. The first kappa shape index (κ1) is 11.4. The maximum absolute atomic E-state index is 13.1. The summed E-state index contributed by atoms with van der Waals surface area (Å²) in [6.07, 6.45) is 0. The molecule has 116 valence electrons. The van der Waals surface area contributed by atoms with Crippen LogP contribution in [-0.4, -0.2) is 11.8 Å². The molecule has 0 aromatic heterocycles. The molecule has 0 spiro atoms. The Balaban J connectivity index is 1.96. The molecule has 0 radical (unpaired) electrons. The predicted octanol–water partition coefficient (Wildman–Crippen LogP) is 3.47. The van der Waals surface area contributed by atoms with Crippen molar-refractivity contribution >= 4 is 5.78 Å². The molecule has 0 aliphatic rings. The van der Waals surface area contributed by atoms with E-state index in [1.807, 2.05) is 0 Å². The standard InChI is InChI=1S/C18H20FNO2/c1-13(14(2)21)20-11-15-6-8-18(9-7-15)22-12-16-4-3-5-17(19)10-16/h3-10,13,20H,11-12H2,1-2H3/t13-/m0/s1/i1D3,13D. The molecule has 3 nitrogen and oxygen atoms in total. The van der Waals surface area contributed by atoms with Crippen LogP contribution in [0.1, 0.15) is 30.4 Å². The number of hydrogen-bond acceptors (Lipinski definition) is 3. The minimum absolute atomic E-state index is 0.0473. The van der Waals surface area contributed by atoms with Gasteiger partial charge in [-0.25, -0.2) is 4.39 Å². The molecular weight excluding hydrogens is 281 g/mol. The highest BCUT2D eigenvalue weighted by atomic mass is 19.1. The smallest absolute Gasteiger partial charge is 0.146 e. The van der Waals surface area contributed by atoms with Gasteiger partial charge in [0.2, 0.25) is 0 Å². The third-order valence-electron chi connectivity index (χ3n) is 3.04. The molecule has 0 amide bonds. The number of rotatable bonds is 7. The highest BCUT2D eigenvalue weighted by molar-refractivity contribution is 5.80. The highest BCUT2D eigenvalue weighted by Crippen LogP contribution is 2.15. The SMILES string of the molecule is [2H]C([2H])([2H])[C@]([2H])(NCc1ccc(OCc2cccc(F)c2)cc1)C(C)=O. The number of benzene rings is 2. The van der Waals surface area contributed by atoms with Crippen LogP contribution in [-0.2, 0) is 17.9 Å². The fraction of sp³-hybridized carbons (Fsp3) is 0.278. The van der Waals surface area contributed by atoms with E-state index in [4.69, 9.17) is 10.2 Å². The van der Waals surface area contributed by atoms with Crippen molar-refractivity contribution in [2.75, 3.05) is 0 Å². The lowest BCUT2D eigenvalue weighted by atomic mass is 10.2. The Hall–Kier alpha value is -2.20. The number of Topliss-reactive ketones (excluding diaryl/α,β-unsaturated/α-hetero) is 1. The quantitative estimate of drug-likeness (QED) is 0.851. The lowest BCUT2D eigenvalue weighted by Crippen LogP contribution is -2.31. The van der Waals surface area contributed by atoms with Gasteiger partial charge in [0.25, 0.3) is 0 Å². The zero-order valence-corrected chi connectivity index (χ0v) is 12.2. The van der Waals surface area contributed by atoms with E-state index < -0.39 is 18.7 Å². The Bertz CT molecular complexity index is 765. The van der Waals surface area contributed by atoms with E-state index in [2.05, 4.69) is 5.32 Å². The van der Waals surface area contributed by atoms with Crippen molar-refractivity contribution in [2.45, 2.75) is 32.9 Å². The maximum atomic E-state index is 13.1. The van der Waals surface area contributed by atoms with E-state index in [9.17, 15) is 9.18 Å². The van der Waals surface area contributed by atoms with Gasteiger partial charge in [-0.15, -0.1) is 0 Å². The van der Waals surface area contributed by atoms with Crippen LogP contribution in [0.2, 0.25) is 0 Å². The number of hydrogen-bond donors (Lipinski definition) is 1. The Morgan fingerprint density at radius 3 is 2.73 bits per heavy atom. The number of ketones is 1. The van der Waals surface area contributed by atoms with Crippen molar-refractivity contribution < 1.29 is 19.4 Å². The summed E-state index contributed by atoms with van der Waals surface area (Å²) < 4.78 is 48.8. The number of ether oxygens (including phenoxy) is 1. The lowest BCUT2D eigenvalue weighted by Gasteiger charge is -2.11. The van der Waals surface area contributed by atoms with Gasteiger partial charge in [-0.1, -0.05) is 24.3 Å². The van der Waals surface area contributed by atoms with Crippen molar-refractivity contribution in [3.63, 3.8) is 0 Å². The largest absolute Gasteiger partial charge is 0.489 e. The number of halogens is 1. The first-order valence-electron chi connectivity index (χ1n) is 8.84. The average Bonchev–Trinajstić information content (AvgIpc) is 2.57. The zero-order chi connectivity index (χ0) is 19.4. The van der Waals surface area contributed by atoms with Crippen LogP contribution in [0.25, 0.3) is 0 Å². The molecule has 2 rings (SSSR count). The molecule has 0 saturated carbocycles. The summed E-state index contributed by atoms with van der Waals surface area (Å²) in [6, 6.07) is 10.5. The van der Waals surface area contributed by atoms with Gasteiger partial charge in [-0.05, 0) is 49.2 Å². The second-order valence-corrected chi connectivity index (χ2v) is 4.85. The van der Waals surface area contributed by atoms with Crippen LogP contribution in [0.5, 0.6) is 5.75 Å². The number of carbonyl (C=O) groups is 1. The van der Waals surface area contributed by atoms with Gasteiger partial charge in [-0.3, -0.25) is 4.79 Å². The molecule has 0 aliphatic carbocycles. The molecule has 4 heteroatoms. The summed E-state index contributed by atoms with van der Waals surface area (Å²) in [5.74, 6) is -0.531. The molecule has 1 atom stereocenters. The Labute approximate surface area is 135 Å². The van der Waals surface area contributed by atoms with Crippen molar-refractivity contribution in [3.05, 3.63) is 65.5 Å². The van der Waals surface area contributed by atoms with Crippen LogP contribution in [0, 0.1) is 5.82 Å². The van der Waals surface area contributed by atoms with Gasteiger partial charge >= 0.3 is 0 Å². The van der Waals surface area contributed by atoms with E-state index in [1.54, 1.807) is 36.4 Å². The fourth-order valence-electron chi connectivity index (χ4n) is 1.81.